The maximum absolute atomic E-state index is 13.6. The molecule has 4 aliphatic rings. The Morgan fingerprint density at radius 2 is 1.73 bits per heavy atom. The Morgan fingerprint density at radius 3 is 2.21 bits per heavy atom. The number of ketones is 1. The van der Waals surface area contributed by atoms with E-state index in [-0.39, 0.29) is 35.1 Å². The van der Waals surface area contributed by atoms with Crippen LogP contribution in [0, 0.1) is 28.6 Å². The molecule has 0 bridgehead atoms. The predicted molar refractivity (Wildman–Crippen MR) is 120 cm³/mol. The molecule has 9 heteroatoms. The van der Waals surface area contributed by atoms with Gasteiger partial charge in [-0.15, -0.1) is 0 Å². The third-order valence-corrected chi connectivity index (χ3v) is 8.29. The van der Waals surface area contributed by atoms with Gasteiger partial charge in [-0.1, -0.05) is 41.5 Å². The van der Waals surface area contributed by atoms with Crippen LogP contribution in [0.2, 0.25) is 0 Å². The fraction of sp³-hybridized carbons (Fsp3) is 0.792. The standard InChI is InChI=1S/C24H36N4O5/c1-12-9-24(12,18(30)20(32)26-13-7-8-13)27-19(31)16-15-14(23(15,5)6)10-28(16)21(33)17(25-11-29)22(2,3)4/h11-17H,7-10H2,1-6H3,(H,25,29)(H,26,32)(H,27,31)/t12-,14-,15-,16-,17+,24+/m0/s1. The molecule has 1 aliphatic heterocycles. The van der Waals surface area contributed by atoms with Crippen LogP contribution in [0.1, 0.15) is 60.8 Å². The summed E-state index contributed by atoms with van der Waals surface area (Å²) in [5.74, 6) is -1.94. The van der Waals surface area contributed by atoms with E-state index in [1.54, 1.807) is 4.90 Å². The first-order chi connectivity index (χ1) is 15.3. The summed E-state index contributed by atoms with van der Waals surface area (Å²) < 4.78 is 0. The fourth-order valence-corrected chi connectivity index (χ4v) is 5.69. The predicted octanol–water partition coefficient (Wildman–Crippen LogP) is 0.373. The molecule has 6 atom stereocenters. The quantitative estimate of drug-likeness (QED) is 0.357. The summed E-state index contributed by atoms with van der Waals surface area (Å²) in [6.07, 6.45) is 2.66. The molecule has 0 aromatic carbocycles. The summed E-state index contributed by atoms with van der Waals surface area (Å²) in [5.41, 5.74) is -1.83. The van der Waals surface area contributed by atoms with Gasteiger partial charge in [-0.3, -0.25) is 24.0 Å². The van der Waals surface area contributed by atoms with Crippen molar-refractivity contribution in [2.45, 2.75) is 84.5 Å². The lowest BCUT2D eigenvalue weighted by Gasteiger charge is -2.37. The van der Waals surface area contributed by atoms with Gasteiger partial charge in [-0.05, 0) is 47.8 Å². The molecular weight excluding hydrogens is 424 g/mol. The van der Waals surface area contributed by atoms with Crippen LogP contribution in [-0.4, -0.2) is 65.0 Å². The minimum absolute atomic E-state index is 0.0280. The van der Waals surface area contributed by atoms with Crippen LogP contribution in [0.25, 0.3) is 0 Å². The van der Waals surface area contributed by atoms with E-state index in [9.17, 15) is 24.0 Å². The van der Waals surface area contributed by atoms with Gasteiger partial charge in [-0.2, -0.15) is 0 Å². The zero-order chi connectivity index (χ0) is 24.5. The molecule has 0 aromatic rings. The summed E-state index contributed by atoms with van der Waals surface area (Å²) >= 11 is 0. The Hall–Kier alpha value is -2.45. The molecule has 0 radical (unpaired) electrons. The van der Waals surface area contributed by atoms with Crippen molar-refractivity contribution >= 4 is 29.9 Å². The molecule has 0 spiro atoms. The maximum atomic E-state index is 13.6. The molecule has 3 saturated carbocycles. The number of nitrogens with one attached hydrogen (secondary N) is 3. The Bertz CT molecular complexity index is 905. The number of nitrogens with zero attached hydrogens (tertiary/aromatic N) is 1. The third kappa shape index (κ3) is 3.93. The van der Waals surface area contributed by atoms with Crippen LogP contribution in [0.4, 0.5) is 0 Å². The van der Waals surface area contributed by atoms with Gasteiger partial charge in [0.15, 0.2) is 0 Å². The second-order valence-corrected chi connectivity index (χ2v) is 12.1. The van der Waals surface area contributed by atoms with Crippen LogP contribution in [-0.2, 0) is 24.0 Å². The lowest BCUT2D eigenvalue weighted by Crippen LogP contribution is -2.60. The second kappa shape index (κ2) is 7.53. The van der Waals surface area contributed by atoms with E-state index < -0.39 is 40.6 Å². The molecule has 4 rings (SSSR count). The average Bonchev–Trinajstić information content (AvgIpc) is 3.65. The van der Waals surface area contributed by atoms with E-state index in [0.717, 1.165) is 12.8 Å². The zero-order valence-corrected chi connectivity index (χ0v) is 20.4. The minimum Gasteiger partial charge on any atom is -0.347 e. The summed E-state index contributed by atoms with van der Waals surface area (Å²) in [5, 5.41) is 8.23. The number of hydrogen-bond acceptors (Lipinski definition) is 5. The number of fused-ring (bicyclic) bond motifs is 1. The molecule has 4 amide bonds. The van der Waals surface area contributed by atoms with E-state index in [0.29, 0.717) is 19.4 Å². The monoisotopic (exact) mass is 460 g/mol. The van der Waals surface area contributed by atoms with Crippen molar-refractivity contribution in [3.8, 4) is 0 Å². The first kappa shape index (κ1) is 23.7. The van der Waals surface area contributed by atoms with E-state index in [2.05, 4.69) is 29.8 Å². The van der Waals surface area contributed by atoms with Crippen molar-refractivity contribution in [2.75, 3.05) is 6.54 Å². The van der Waals surface area contributed by atoms with E-state index in [1.807, 2.05) is 27.7 Å². The number of rotatable bonds is 8. The number of piperidine rings is 1. The molecule has 33 heavy (non-hydrogen) atoms. The summed E-state index contributed by atoms with van der Waals surface area (Å²) in [4.78, 5) is 65.2. The lowest BCUT2D eigenvalue weighted by atomic mass is 9.85. The van der Waals surface area contributed by atoms with Crippen LogP contribution >= 0.6 is 0 Å². The van der Waals surface area contributed by atoms with Gasteiger partial charge < -0.3 is 20.9 Å². The molecule has 1 saturated heterocycles. The molecule has 4 fully saturated rings. The average molecular weight is 461 g/mol. The van der Waals surface area contributed by atoms with E-state index >= 15 is 0 Å². The van der Waals surface area contributed by atoms with Crippen LogP contribution in [0.15, 0.2) is 0 Å². The SMILES string of the molecule is C[C@H]1C[C@]1(NC(=O)[C@@H]1[C@@H]2[C@H](CN1C(=O)[C@@H](NC=O)C(C)(C)C)C2(C)C)C(=O)C(=O)NC1CC1. The van der Waals surface area contributed by atoms with Gasteiger partial charge in [0.25, 0.3) is 5.91 Å². The zero-order valence-electron chi connectivity index (χ0n) is 20.4. The van der Waals surface area contributed by atoms with Crippen molar-refractivity contribution in [1.82, 2.24) is 20.9 Å². The Kier molecular flexibility index (Phi) is 5.41. The van der Waals surface area contributed by atoms with Gasteiger partial charge in [0, 0.05) is 12.6 Å². The van der Waals surface area contributed by atoms with Gasteiger partial charge in [0.2, 0.25) is 24.0 Å². The van der Waals surface area contributed by atoms with Gasteiger partial charge in [0.1, 0.15) is 17.6 Å². The van der Waals surface area contributed by atoms with Crippen molar-refractivity contribution in [3.63, 3.8) is 0 Å². The highest BCUT2D eigenvalue weighted by Crippen LogP contribution is 2.65. The number of Topliss-reactive ketones (excluding diaryl/α,β-unsaturated/α-hetero) is 1. The van der Waals surface area contributed by atoms with Gasteiger partial charge in [-0.25, -0.2) is 0 Å². The third-order valence-electron chi connectivity index (χ3n) is 8.29. The van der Waals surface area contributed by atoms with Crippen molar-refractivity contribution in [1.29, 1.82) is 0 Å². The minimum atomic E-state index is -1.20. The first-order valence-electron chi connectivity index (χ1n) is 11.9. The highest BCUT2D eigenvalue weighted by Gasteiger charge is 2.71. The summed E-state index contributed by atoms with van der Waals surface area (Å²) in [6, 6.07) is -1.45. The Balaban J connectivity index is 1.54. The molecule has 0 aromatic heterocycles. The highest BCUT2D eigenvalue weighted by molar-refractivity contribution is 6.41. The molecule has 1 heterocycles. The molecule has 3 aliphatic carbocycles. The fourth-order valence-electron chi connectivity index (χ4n) is 5.69. The molecular formula is C24H36N4O5. The Morgan fingerprint density at radius 1 is 1.12 bits per heavy atom. The van der Waals surface area contributed by atoms with Crippen LogP contribution in [0.3, 0.4) is 0 Å². The normalized spacial score (nSPS) is 34.5. The Labute approximate surface area is 194 Å². The number of carbonyl (C=O) groups is 5. The maximum Gasteiger partial charge on any atom is 0.290 e. The van der Waals surface area contributed by atoms with Gasteiger partial charge in [0.05, 0.1) is 0 Å². The number of hydrogen-bond donors (Lipinski definition) is 3. The van der Waals surface area contributed by atoms with E-state index in [1.165, 1.54) is 0 Å². The first-order valence-corrected chi connectivity index (χ1v) is 11.9. The van der Waals surface area contributed by atoms with Crippen molar-refractivity contribution in [2.24, 2.45) is 28.6 Å². The molecule has 0 unspecified atom stereocenters. The molecule has 9 nitrogen and oxygen atoms in total. The summed E-state index contributed by atoms with van der Waals surface area (Å²) in [6.45, 7) is 12.0. The number of carbonyl (C=O) groups excluding carboxylic acids is 5. The largest absolute Gasteiger partial charge is 0.347 e. The molecule has 3 N–H and O–H groups in total. The smallest absolute Gasteiger partial charge is 0.290 e. The molecule has 182 valence electrons. The topological polar surface area (TPSA) is 125 Å². The van der Waals surface area contributed by atoms with E-state index in [4.69, 9.17) is 0 Å². The van der Waals surface area contributed by atoms with Gasteiger partial charge >= 0.3 is 0 Å². The van der Waals surface area contributed by atoms with Crippen LogP contribution < -0.4 is 16.0 Å². The number of likely N-dealkylation sites (tertiary alicyclic amines) is 1. The highest BCUT2D eigenvalue weighted by atomic mass is 16.2. The lowest BCUT2D eigenvalue weighted by molar-refractivity contribution is -0.146. The van der Waals surface area contributed by atoms with Crippen molar-refractivity contribution < 1.29 is 24.0 Å². The second-order valence-electron chi connectivity index (χ2n) is 12.1. The summed E-state index contributed by atoms with van der Waals surface area (Å²) in [7, 11) is 0. The van der Waals surface area contributed by atoms with Crippen LogP contribution in [0.5, 0.6) is 0 Å². The van der Waals surface area contributed by atoms with Crippen molar-refractivity contribution in [3.05, 3.63) is 0 Å². The number of amides is 4.